The summed E-state index contributed by atoms with van der Waals surface area (Å²) in [5, 5.41) is 9.13. The summed E-state index contributed by atoms with van der Waals surface area (Å²) >= 11 is 0. The highest BCUT2D eigenvalue weighted by molar-refractivity contribution is 6.08. The zero-order valence-corrected chi connectivity index (χ0v) is 20.1. The van der Waals surface area contributed by atoms with Gasteiger partial charge in [0.2, 0.25) is 11.6 Å². The number of aliphatic carboxylic acids is 1. The lowest BCUT2D eigenvalue weighted by atomic mass is 10.1. The standard InChI is InChI=1S/C15H13NO3.C15H15NO/c17-14(10-4-2-1-3-5-10)13-7-6-12-11(15(18)19)8-9-16(12)13;1-11-9-10-16-13(11)7-8-14(16)15(17)12-5-3-2-4-6-12/h1-7,11H,8-9H2,(H,18,19);2-8,11H,9-10H2,1H3. The van der Waals surface area contributed by atoms with E-state index in [1.54, 1.807) is 24.3 Å². The Kier molecular flexibility index (Phi) is 6.42. The van der Waals surface area contributed by atoms with E-state index in [1.165, 1.54) is 5.69 Å². The second kappa shape index (κ2) is 9.82. The molecule has 182 valence electrons. The third-order valence-electron chi connectivity index (χ3n) is 7.15. The van der Waals surface area contributed by atoms with Gasteiger partial charge in [0.15, 0.2) is 0 Å². The Labute approximate surface area is 209 Å². The third-order valence-corrected chi connectivity index (χ3v) is 7.15. The van der Waals surface area contributed by atoms with Crippen molar-refractivity contribution in [2.45, 2.75) is 44.7 Å². The number of carbonyl (C=O) groups excluding carboxylic acids is 2. The van der Waals surface area contributed by atoms with Crippen molar-refractivity contribution in [3.8, 4) is 0 Å². The molecule has 2 aliphatic rings. The van der Waals surface area contributed by atoms with E-state index in [9.17, 15) is 14.4 Å². The highest BCUT2D eigenvalue weighted by Gasteiger charge is 2.31. The molecule has 0 fully saturated rings. The van der Waals surface area contributed by atoms with Gasteiger partial charge in [0.1, 0.15) is 0 Å². The van der Waals surface area contributed by atoms with Crippen molar-refractivity contribution in [2.24, 2.45) is 0 Å². The van der Waals surface area contributed by atoms with Crippen LogP contribution in [0.1, 0.15) is 75.1 Å². The smallest absolute Gasteiger partial charge is 0.312 e. The van der Waals surface area contributed by atoms with Crippen LogP contribution in [-0.4, -0.2) is 31.8 Å². The molecule has 6 heteroatoms. The first-order valence-electron chi connectivity index (χ1n) is 12.3. The molecule has 0 bridgehead atoms. The van der Waals surface area contributed by atoms with E-state index < -0.39 is 11.9 Å². The zero-order valence-electron chi connectivity index (χ0n) is 20.1. The molecule has 2 aromatic heterocycles. The maximum absolute atomic E-state index is 12.4. The van der Waals surface area contributed by atoms with Gasteiger partial charge in [0.25, 0.3) is 0 Å². The number of hydrogen-bond donors (Lipinski definition) is 1. The Bertz CT molecular complexity index is 1420. The fraction of sp³-hybridized carbons (Fsp3) is 0.233. The molecule has 2 aromatic carbocycles. The number of hydrogen-bond acceptors (Lipinski definition) is 3. The van der Waals surface area contributed by atoms with E-state index in [1.807, 2.05) is 59.2 Å². The summed E-state index contributed by atoms with van der Waals surface area (Å²) in [5.41, 5.74) is 4.83. The molecule has 0 aliphatic carbocycles. The number of aromatic nitrogens is 2. The molecule has 0 radical (unpaired) electrons. The van der Waals surface area contributed by atoms with Crippen LogP contribution in [-0.2, 0) is 17.9 Å². The molecular weight excluding hydrogens is 452 g/mol. The minimum absolute atomic E-state index is 0.0575. The molecule has 6 nitrogen and oxygen atoms in total. The summed E-state index contributed by atoms with van der Waals surface area (Å²) in [5.74, 6) is -0.663. The summed E-state index contributed by atoms with van der Waals surface area (Å²) in [7, 11) is 0. The summed E-state index contributed by atoms with van der Waals surface area (Å²) in [4.78, 5) is 35.8. The van der Waals surface area contributed by atoms with E-state index >= 15 is 0 Å². The Morgan fingerprint density at radius 3 is 1.67 bits per heavy atom. The number of carboxylic acid groups (broad SMARTS) is 1. The molecule has 2 atom stereocenters. The van der Waals surface area contributed by atoms with Crippen molar-refractivity contribution in [1.82, 2.24) is 9.13 Å². The van der Waals surface area contributed by atoms with Gasteiger partial charge in [-0.05, 0) is 43.0 Å². The number of fused-ring (bicyclic) bond motifs is 2. The van der Waals surface area contributed by atoms with E-state index in [0.717, 1.165) is 29.9 Å². The quantitative estimate of drug-likeness (QED) is 0.382. The van der Waals surface area contributed by atoms with Gasteiger partial charge in [-0.2, -0.15) is 0 Å². The van der Waals surface area contributed by atoms with Crippen LogP contribution in [0.5, 0.6) is 0 Å². The van der Waals surface area contributed by atoms with Crippen LogP contribution < -0.4 is 0 Å². The molecule has 4 heterocycles. The molecule has 2 unspecified atom stereocenters. The van der Waals surface area contributed by atoms with Gasteiger partial charge in [-0.25, -0.2) is 0 Å². The van der Waals surface area contributed by atoms with Gasteiger partial charge in [-0.15, -0.1) is 0 Å². The topological polar surface area (TPSA) is 81.3 Å². The predicted octanol–water partition coefficient (Wildman–Crippen LogP) is 5.52. The van der Waals surface area contributed by atoms with Crippen LogP contribution in [0.3, 0.4) is 0 Å². The maximum atomic E-state index is 12.4. The van der Waals surface area contributed by atoms with E-state index in [-0.39, 0.29) is 11.6 Å². The Hall–Kier alpha value is -4.19. The number of carboxylic acids is 1. The van der Waals surface area contributed by atoms with Crippen LogP contribution in [0.2, 0.25) is 0 Å². The molecule has 6 rings (SSSR count). The molecule has 0 saturated heterocycles. The lowest BCUT2D eigenvalue weighted by Crippen LogP contribution is -2.09. The number of benzene rings is 2. The number of rotatable bonds is 5. The normalized spacial score (nSPS) is 17.6. The average Bonchev–Trinajstić information content (AvgIpc) is 3.68. The predicted molar refractivity (Wildman–Crippen MR) is 137 cm³/mol. The van der Waals surface area contributed by atoms with Crippen molar-refractivity contribution in [2.75, 3.05) is 0 Å². The second-order valence-electron chi connectivity index (χ2n) is 9.35. The van der Waals surface area contributed by atoms with Gasteiger partial charge in [0, 0.05) is 35.6 Å². The van der Waals surface area contributed by atoms with Gasteiger partial charge in [-0.1, -0.05) is 67.6 Å². The van der Waals surface area contributed by atoms with Gasteiger partial charge in [0.05, 0.1) is 17.3 Å². The van der Waals surface area contributed by atoms with E-state index in [0.29, 0.717) is 30.1 Å². The van der Waals surface area contributed by atoms with Crippen molar-refractivity contribution >= 4 is 17.5 Å². The second-order valence-corrected chi connectivity index (χ2v) is 9.35. The molecule has 2 aliphatic heterocycles. The monoisotopic (exact) mass is 480 g/mol. The van der Waals surface area contributed by atoms with Crippen LogP contribution >= 0.6 is 0 Å². The van der Waals surface area contributed by atoms with Crippen LogP contribution in [0.25, 0.3) is 0 Å². The van der Waals surface area contributed by atoms with Crippen LogP contribution in [0, 0.1) is 0 Å². The van der Waals surface area contributed by atoms with Crippen molar-refractivity contribution in [3.63, 3.8) is 0 Å². The van der Waals surface area contributed by atoms with Gasteiger partial charge in [-0.3, -0.25) is 14.4 Å². The van der Waals surface area contributed by atoms with Gasteiger partial charge < -0.3 is 14.2 Å². The van der Waals surface area contributed by atoms with Crippen molar-refractivity contribution in [3.05, 3.63) is 119 Å². The van der Waals surface area contributed by atoms with Crippen molar-refractivity contribution in [1.29, 1.82) is 0 Å². The van der Waals surface area contributed by atoms with Crippen molar-refractivity contribution < 1.29 is 19.5 Å². The number of carbonyl (C=O) groups is 3. The lowest BCUT2D eigenvalue weighted by Gasteiger charge is -2.05. The first-order valence-corrected chi connectivity index (χ1v) is 12.3. The Morgan fingerprint density at radius 1 is 0.667 bits per heavy atom. The van der Waals surface area contributed by atoms with Gasteiger partial charge >= 0.3 is 5.97 Å². The summed E-state index contributed by atoms with van der Waals surface area (Å²) in [6.45, 7) is 3.78. The maximum Gasteiger partial charge on any atom is 0.312 e. The summed E-state index contributed by atoms with van der Waals surface area (Å²) < 4.78 is 3.99. The lowest BCUT2D eigenvalue weighted by molar-refractivity contribution is -0.138. The van der Waals surface area contributed by atoms with Crippen LogP contribution in [0.4, 0.5) is 0 Å². The Morgan fingerprint density at radius 2 is 1.14 bits per heavy atom. The minimum atomic E-state index is -0.824. The van der Waals surface area contributed by atoms with Crippen LogP contribution in [0.15, 0.2) is 84.9 Å². The highest BCUT2D eigenvalue weighted by Crippen LogP contribution is 2.32. The molecule has 1 N–H and O–H groups in total. The molecule has 36 heavy (non-hydrogen) atoms. The fourth-order valence-corrected chi connectivity index (χ4v) is 5.20. The molecule has 0 spiro atoms. The average molecular weight is 481 g/mol. The number of nitrogens with zero attached hydrogens (tertiary/aromatic N) is 2. The third kappa shape index (κ3) is 4.31. The molecule has 4 aromatic rings. The first-order chi connectivity index (χ1) is 17.5. The van der Waals surface area contributed by atoms with E-state index in [4.69, 9.17) is 5.11 Å². The van der Waals surface area contributed by atoms with E-state index in [2.05, 4.69) is 17.6 Å². The molecular formula is C30H28N2O4. The Balaban J connectivity index is 0.000000149. The summed E-state index contributed by atoms with van der Waals surface area (Å²) in [6, 6.07) is 26.1. The number of ketones is 2. The molecule has 0 amide bonds. The fourth-order valence-electron chi connectivity index (χ4n) is 5.20. The largest absolute Gasteiger partial charge is 0.481 e. The first kappa shape index (κ1) is 23.5. The highest BCUT2D eigenvalue weighted by atomic mass is 16.4. The minimum Gasteiger partial charge on any atom is -0.481 e. The zero-order chi connectivity index (χ0) is 25.2. The molecule has 0 saturated carbocycles. The SMILES string of the molecule is CC1CCn2c(C(=O)c3ccccc3)ccc21.O=C(c1ccccc1)c1ccc2n1CCC2C(=O)O. The summed E-state index contributed by atoms with van der Waals surface area (Å²) in [6.07, 6.45) is 1.70.